The van der Waals surface area contributed by atoms with Crippen LogP contribution in [0.1, 0.15) is 34.6 Å². The Morgan fingerprint density at radius 1 is 1.37 bits per heavy atom. The first-order valence-electron chi connectivity index (χ1n) is 6.02. The van der Waals surface area contributed by atoms with Gasteiger partial charge in [-0.1, -0.05) is 37.8 Å². The Balaban J connectivity index is 2.55. The van der Waals surface area contributed by atoms with Crippen LogP contribution in [0.3, 0.4) is 0 Å². The van der Waals surface area contributed by atoms with E-state index < -0.39 is 5.97 Å². The average molecular weight is 273 g/mol. The number of nitrogens with zero attached hydrogens (tertiary/aromatic N) is 1. The third-order valence-corrected chi connectivity index (χ3v) is 3.94. The van der Waals surface area contributed by atoms with E-state index in [0.29, 0.717) is 10.6 Å². The van der Waals surface area contributed by atoms with Crippen LogP contribution in [0.25, 0.3) is 16.8 Å². The largest absolute Gasteiger partial charge is 0.478 e. The molecule has 1 N–H and O–H groups in total. The number of rotatable bonds is 4. The van der Waals surface area contributed by atoms with Gasteiger partial charge >= 0.3 is 5.97 Å². The number of aromatic carboxylic acids is 1. The SMILES string of the molecule is C=C(C)c1snc(-c2ccc(CC)cc2)c1C(=O)O. The van der Waals surface area contributed by atoms with E-state index in [1.807, 2.05) is 24.3 Å². The van der Waals surface area contributed by atoms with Gasteiger partial charge in [0.05, 0.1) is 10.6 Å². The van der Waals surface area contributed by atoms with Crippen LogP contribution in [0.2, 0.25) is 0 Å². The van der Waals surface area contributed by atoms with Crippen molar-refractivity contribution in [2.24, 2.45) is 0 Å². The average Bonchev–Trinajstić information content (AvgIpc) is 2.83. The van der Waals surface area contributed by atoms with Gasteiger partial charge in [0.25, 0.3) is 0 Å². The van der Waals surface area contributed by atoms with E-state index >= 15 is 0 Å². The summed E-state index contributed by atoms with van der Waals surface area (Å²) in [5, 5.41) is 9.37. The summed E-state index contributed by atoms with van der Waals surface area (Å²) in [5.74, 6) is -0.957. The first kappa shape index (κ1) is 13.5. The molecule has 0 radical (unpaired) electrons. The minimum Gasteiger partial charge on any atom is -0.478 e. The fourth-order valence-electron chi connectivity index (χ4n) is 1.88. The molecule has 1 heterocycles. The molecule has 0 amide bonds. The molecule has 19 heavy (non-hydrogen) atoms. The van der Waals surface area contributed by atoms with Crippen molar-refractivity contribution in [1.82, 2.24) is 4.37 Å². The lowest BCUT2D eigenvalue weighted by molar-refractivity contribution is 0.0698. The zero-order valence-corrected chi connectivity index (χ0v) is 11.8. The third kappa shape index (κ3) is 2.58. The smallest absolute Gasteiger partial charge is 0.339 e. The summed E-state index contributed by atoms with van der Waals surface area (Å²) < 4.78 is 4.28. The van der Waals surface area contributed by atoms with Gasteiger partial charge in [0.1, 0.15) is 5.56 Å². The summed E-state index contributed by atoms with van der Waals surface area (Å²) in [7, 11) is 0. The summed E-state index contributed by atoms with van der Waals surface area (Å²) in [6, 6.07) is 7.84. The van der Waals surface area contributed by atoms with Crippen LogP contribution >= 0.6 is 11.5 Å². The standard InChI is InChI=1S/C15H15NO2S/c1-4-10-5-7-11(8-6-10)13-12(15(17)18)14(9(2)3)19-16-13/h5-8H,2,4H2,1,3H3,(H,17,18). The van der Waals surface area contributed by atoms with Gasteiger partial charge in [-0.05, 0) is 36.0 Å². The molecule has 0 aliphatic rings. The molecule has 98 valence electrons. The first-order valence-corrected chi connectivity index (χ1v) is 6.80. The van der Waals surface area contributed by atoms with Gasteiger partial charge in [-0.15, -0.1) is 0 Å². The Morgan fingerprint density at radius 3 is 2.47 bits per heavy atom. The van der Waals surface area contributed by atoms with Crippen LogP contribution in [-0.2, 0) is 6.42 Å². The zero-order valence-electron chi connectivity index (χ0n) is 10.9. The lowest BCUT2D eigenvalue weighted by atomic mass is 10.0. The van der Waals surface area contributed by atoms with E-state index in [9.17, 15) is 9.90 Å². The van der Waals surface area contributed by atoms with Crippen molar-refractivity contribution in [2.45, 2.75) is 20.3 Å². The van der Waals surface area contributed by atoms with Crippen LogP contribution in [0.15, 0.2) is 30.8 Å². The van der Waals surface area contributed by atoms with Gasteiger partial charge in [-0.3, -0.25) is 0 Å². The maximum atomic E-state index is 11.4. The van der Waals surface area contributed by atoms with E-state index in [1.54, 1.807) is 6.92 Å². The maximum absolute atomic E-state index is 11.4. The van der Waals surface area contributed by atoms with Gasteiger partial charge in [-0.25, -0.2) is 4.79 Å². The van der Waals surface area contributed by atoms with Crippen molar-refractivity contribution in [3.8, 4) is 11.3 Å². The van der Waals surface area contributed by atoms with Crippen molar-refractivity contribution in [1.29, 1.82) is 0 Å². The normalized spacial score (nSPS) is 10.4. The first-order chi connectivity index (χ1) is 9.04. The number of aryl methyl sites for hydroxylation is 1. The summed E-state index contributed by atoms with van der Waals surface area (Å²) in [4.78, 5) is 12.1. The van der Waals surface area contributed by atoms with Crippen LogP contribution in [-0.4, -0.2) is 15.4 Å². The third-order valence-electron chi connectivity index (χ3n) is 2.93. The highest BCUT2D eigenvalue weighted by atomic mass is 32.1. The minimum absolute atomic E-state index is 0.252. The van der Waals surface area contributed by atoms with Crippen molar-refractivity contribution in [2.75, 3.05) is 0 Å². The Kier molecular flexibility index (Phi) is 3.81. The molecule has 0 saturated carbocycles. The molecule has 1 aromatic carbocycles. The number of hydrogen-bond acceptors (Lipinski definition) is 3. The molecule has 0 spiro atoms. The second-order valence-electron chi connectivity index (χ2n) is 4.37. The molecular weight excluding hydrogens is 258 g/mol. The summed E-state index contributed by atoms with van der Waals surface area (Å²) in [5.41, 5.74) is 3.56. The van der Waals surface area contributed by atoms with E-state index in [1.165, 1.54) is 17.1 Å². The number of hydrogen-bond donors (Lipinski definition) is 1. The van der Waals surface area contributed by atoms with E-state index in [4.69, 9.17) is 0 Å². The molecule has 3 nitrogen and oxygen atoms in total. The molecule has 0 aliphatic carbocycles. The van der Waals surface area contributed by atoms with Gasteiger partial charge in [-0.2, -0.15) is 4.37 Å². The van der Waals surface area contributed by atoms with Crippen molar-refractivity contribution in [3.63, 3.8) is 0 Å². The second-order valence-corrected chi connectivity index (χ2v) is 5.14. The monoisotopic (exact) mass is 273 g/mol. The quantitative estimate of drug-likeness (QED) is 0.912. The number of carbonyl (C=O) groups is 1. The maximum Gasteiger partial charge on any atom is 0.339 e. The molecule has 0 fully saturated rings. The van der Waals surface area contributed by atoms with Crippen LogP contribution in [0.5, 0.6) is 0 Å². The summed E-state index contributed by atoms with van der Waals surface area (Å²) in [6.07, 6.45) is 0.958. The number of aromatic nitrogens is 1. The van der Waals surface area contributed by atoms with Crippen LogP contribution < -0.4 is 0 Å². The number of carboxylic acids is 1. The molecule has 4 heteroatoms. The highest BCUT2D eigenvalue weighted by Gasteiger charge is 2.21. The van der Waals surface area contributed by atoms with E-state index in [2.05, 4.69) is 17.9 Å². The van der Waals surface area contributed by atoms with Gasteiger partial charge in [0.2, 0.25) is 0 Å². The Labute approximate surface area is 116 Å². The Bertz CT molecular complexity index is 626. The summed E-state index contributed by atoms with van der Waals surface area (Å²) >= 11 is 1.19. The molecular formula is C15H15NO2S. The number of carboxylic acid groups (broad SMARTS) is 1. The molecule has 0 bridgehead atoms. The second kappa shape index (κ2) is 5.36. The van der Waals surface area contributed by atoms with Gasteiger partial charge < -0.3 is 5.11 Å². The zero-order chi connectivity index (χ0) is 14.0. The molecule has 0 atom stereocenters. The van der Waals surface area contributed by atoms with Gasteiger partial charge in [0.15, 0.2) is 0 Å². The lowest BCUT2D eigenvalue weighted by Gasteiger charge is -2.03. The Morgan fingerprint density at radius 2 is 2.00 bits per heavy atom. The molecule has 0 saturated heterocycles. The number of allylic oxidation sites excluding steroid dienone is 1. The fourth-order valence-corrected chi connectivity index (χ4v) is 2.69. The number of benzene rings is 1. The highest BCUT2D eigenvalue weighted by Crippen LogP contribution is 2.32. The predicted octanol–water partition coefficient (Wildman–Crippen LogP) is 4.10. The summed E-state index contributed by atoms with van der Waals surface area (Å²) in [6.45, 7) is 7.69. The molecule has 2 aromatic rings. The Hall–Kier alpha value is -1.94. The van der Waals surface area contributed by atoms with Crippen molar-refractivity contribution in [3.05, 3.63) is 46.8 Å². The molecule has 1 aromatic heterocycles. The van der Waals surface area contributed by atoms with Crippen LogP contribution in [0, 0.1) is 0 Å². The van der Waals surface area contributed by atoms with E-state index in [-0.39, 0.29) is 5.56 Å². The van der Waals surface area contributed by atoms with Crippen molar-refractivity contribution >= 4 is 23.1 Å². The molecule has 0 unspecified atom stereocenters. The van der Waals surface area contributed by atoms with Crippen molar-refractivity contribution < 1.29 is 9.90 Å². The predicted molar refractivity (Wildman–Crippen MR) is 78.6 cm³/mol. The fraction of sp³-hybridized carbons (Fsp3) is 0.200. The topological polar surface area (TPSA) is 50.2 Å². The lowest BCUT2D eigenvalue weighted by Crippen LogP contribution is -2.00. The van der Waals surface area contributed by atoms with Gasteiger partial charge in [0, 0.05) is 5.56 Å². The highest BCUT2D eigenvalue weighted by molar-refractivity contribution is 7.07. The van der Waals surface area contributed by atoms with E-state index in [0.717, 1.165) is 17.6 Å². The van der Waals surface area contributed by atoms with Crippen LogP contribution in [0.4, 0.5) is 0 Å². The molecule has 2 rings (SSSR count). The minimum atomic E-state index is -0.957. The molecule has 0 aliphatic heterocycles.